The van der Waals surface area contributed by atoms with Crippen molar-refractivity contribution >= 4 is 37.4 Å². The Bertz CT molecular complexity index is 1500. The second-order valence-electron chi connectivity index (χ2n) is 8.69. The number of oxime groups is 1. The van der Waals surface area contributed by atoms with Crippen LogP contribution in [0.25, 0.3) is 22.7 Å². The van der Waals surface area contributed by atoms with Crippen LogP contribution >= 0.6 is 0 Å². The first-order valence-corrected chi connectivity index (χ1v) is 13.6. The van der Waals surface area contributed by atoms with Crippen LogP contribution in [0.15, 0.2) is 49.8 Å². The summed E-state index contributed by atoms with van der Waals surface area (Å²) in [5.41, 5.74) is -4.32. The molecule has 2 aliphatic rings. The number of nitrogens with zero attached hydrogens (tertiary/aromatic N) is 3. The topological polar surface area (TPSA) is 112 Å². The van der Waals surface area contributed by atoms with Gasteiger partial charge in [-0.3, -0.25) is 0 Å². The van der Waals surface area contributed by atoms with Gasteiger partial charge in [0.1, 0.15) is 11.2 Å². The van der Waals surface area contributed by atoms with Gasteiger partial charge in [-0.2, -0.15) is 13.2 Å². The number of halogens is 3. The van der Waals surface area contributed by atoms with Crippen molar-refractivity contribution in [1.29, 1.82) is 0 Å². The Morgan fingerprint density at radius 2 is 1.97 bits per heavy atom. The molecule has 3 heterocycles. The Morgan fingerprint density at radius 3 is 2.63 bits per heavy atom. The van der Waals surface area contributed by atoms with Crippen molar-refractivity contribution in [2.45, 2.75) is 54.0 Å². The third-order valence-electron chi connectivity index (χ3n) is 6.10. The second kappa shape index (κ2) is 8.12. The van der Waals surface area contributed by atoms with Gasteiger partial charge in [0.25, 0.3) is 0 Å². The van der Waals surface area contributed by atoms with E-state index < -0.39 is 36.6 Å². The van der Waals surface area contributed by atoms with E-state index in [0.29, 0.717) is 17.9 Å². The predicted octanol–water partition coefficient (Wildman–Crippen LogP) is 4.71. The number of oxazole rings is 1. The molecule has 0 saturated heterocycles. The molecular weight excluding hydrogens is 507 g/mol. The molecule has 0 amide bonds. The first kappa shape index (κ1) is 23.9. The van der Waals surface area contributed by atoms with Crippen molar-refractivity contribution in [3.8, 4) is 11.6 Å². The molecule has 2 aromatic heterocycles. The lowest BCUT2D eigenvalue weighted by atomic mass is 9.91. The van der Waals surface area contributed by atoms with E-state index in [1.165, 1.54) is 25.3 Å². The molecule has 5 rings (SSSR count). The van der Waals surface area contributed by atoms with Gasteiger partial charge in [-0.05, 0) is 44.0 Å². The summed E-state index contributed by atoms with van der Waals surface area (Å²) in [6, 6.07) is 4.69. The molecule has 8 nitrogen and oxygen atoms in total. The van der Waals surface area contributed by atoms with E-state index in [2.05, 4.69) is 15.1 Å². The Kier molecular flexibility index (Phi) is 5.55. The van der Waals surface area contributed by atoms with Crippen molar-refractivity contribution < 1.29 is 35.1 Å². The Morgan fingerprint density at radius 1 is 1.23 bits per heavy atom. The number of hydrogen-bond acceptors (Lipinski definition) is 8. The van der Waals surface area contributed by atoms with Crippen molar-refractivity contribution in [3.05, 3.63) is 36.0 Å². The maximum absolute atomic E-state index is 13.0. The normalized spacial score (nSPS) is 21.7. The number of hydrogen-bond donors (Lipinski definition) is 0. The Hall–Kier alpha value is -2.80. The number of fused-ring (bicyclic) bond motifs is 1. The smallest absolute Gasteiger partial charge is 0.435 e. The summed E-state index contributed by atoms with van der Waals surface area (Å²) in [6.45, 7) is 3.30. The highest BCUT2D eigenvalue weighted by Gasteiger charge is 2.43. The van der Waals surface area contributed by atoms with Crippen LogP contribution < -0.4 is 0 Å². The number of alkyl halides is 3. The lowest BCUT2D eigenvalue weighted by Gasteiger charge is -2.22. The minimum Gasteiger partial charge on any atom is -0.435 e. The van der Waals surface area contributed by atoms with E-state index in [0.717, 1.165) is 30.7 Å². The van der Waals surface area contributed by atoms with Gasteiger partial charge < -0.3 is 9.25 Å². The zero-order valence-corrected chi connectivity index (χ0v) is 20.3. The molecular formula is C22H20F3N3O5S2. The largest absolute Gasteiger partial charge is 0.475 e. The molecule has 35 heavy (non-hydrogen) atoms. The molecule has 1 aliphatic heterocycles. The number of rotatable bonds is 6. The zero-order chi connectivity index (χ0) is 25.2. The fraction of sp³-hybridized carbons (Fsp3) is 0.409. The first-order valence-electron chi connectivity index (χ1n) is 10.8. The predicted molar refractivity (Wildman–Crippen MR) is 121 cm³/mol. The summed E-state index contributed by atoms with van der Waals surface area (Å²) in [5.74, 6) is 0.00159. The van der Waals surface area contributed by atoms with Crippen LogP contribution in [0.1, 0.15) is 38.7 Å². The summed E-state index contributed by atoms with van der Waals surface area (Å²) in [4.78, 5) is 13.5. The van der Waals surface area contributed by atoms with E-state index in [1.54, 1.807) is 0 Å². The molecule has 186 valence electrons. The van der Waals surface area contributed by atoms with Gasteiger partial charge in [-0.25, -0.2) is 22.6 Å². The van der Waals surface area contributed by atoms with Crippen LogP contribution in [0.3, 0.4) is 0 Å². The highest BCUT2D eigenvalue weighted by molar-refractivity contribution is 7.91. The minimum atomic E-state index is -4.93. The monoisotopic (exact) mass is 527 g/mol. The van der Waals surface area contributed by atoms with Crippen LogP contribution in [0.4, 0.5) is 13.2 Å². The van der Waals surface area contributed by atoms with Crippen molar-refractivity contribution in [2.75, 3.05) is 5.75 Å². The van der Waals surface area contributed by atoms with Gasteiger partial charge in [0, 0.05) is 24.1 Å². The Labute approximate surface area is 201 Å². The highest BCUT2D eigenvalue weighted by Crippen LogP contribution is 2.43. The van der Waals surface area contributed by atoms with Gasteiger partial charge in [-0.1, -0.05) is 12.1 Å². The molecule has 0 spiro atoms. The zero-order valence-electron chi connectivity index (χ0n) is 18.6. The van der Waals surface area contributed by atoms with E-state index >= 15 is 0 Å². The molecule has 1 aliphatic carbocycles. The van der Waals surface area contributed by atoms with E-state index in [1.807, 2.05) is 6.92 Å². The van der Waals surface area contributed by atoms with Gasteiger partial charge in [0.05, 0.1) is 21.3 Å². The number of pyridine rings is 1. The Balaban J connectivity index is 1.57. The third kappa shape index (κ3) is 4.35. The number of sulfone groups is 1. The summed E-state index contributed by atoms with van der Waals surface area (Å²) >= 11 is 0. The van der Waals surface area contributed by atoms with E-state index in [4.69, 9.17) is 9.25 Å². The van der Waals surface area contributed by atoms with Crippen LogP contribution in [0.2, 0.25) is 0 Å². The molecule has 1 fully saturated rings. The fourth-order valence-corrected chi connectivity index (χ4v) is 5.63. The van der Waals surface area contributed by atoms with Crippen LogP contribution in [0, 0.1) is 5.92 Å². The quantitative estimate of drug-likeness (QED) is 0.456. The van der Waals surface area contributed by atoms with Gasteiger partial charge in [0.2, 0.25) is 5.89 Å². The standard InChI is InChI=1S/C22H20F3N3O5S2/c1-3-35(30,31)18-8-13(21(2)10-16(28-33-21)12-4-5-12)11-26-19(18)20-27-15-9-14(6-7-17(15)32-20)34(29)22(23,24)25/h6-9,11-12H,3-5,10H2,1-2H3. The first-order chi connectivity index (χ1) is 16.4. The van der Waals surface area contributed by atoms with E-state index in [9.17, 15) is 25.8 Å². The third-order valence-corrected chi connectivity index (χ3v) is 8.94. The lowest BCUT2D eigenvalue weighted by molar-refractivity contribution is -0.0384. The number of aromatic nitrogens is 2. The maximum Gasteiger partial charge on any atom is 0.475 e. The van der Waals surface area contributed by atoms with Crippen LogP contribution in [0.5, 0.6) is 0 Å². The minimum absolute atomic E-state index is 0.00520. The van der Waals surface area contributed by atoms with Crippen LogP contribution in [-0.4, -0.2) is 39.6 Å². The SMILES string of the molecule is CCS(=O)(=O)c1cc(C2(C)CC(C3CC3)=NO2)cnc1-c1nc2cc(S(=O)C(F)(F)F)ccc2o1. The fourth-order valence-electron chi connectivity index (χ4n) is 3.90. The lowest BCUT2D eigenvalue weighted by Crippen LogP contribution is -2.23. The highest BCUT2D eigenvalue weighted by atomic mass is 32.2. The maximum atomic E-state index is 13.0. The molecule has 0 N–H and O–H groups in total. The van der Waals surface area contributed by atoms with Gasteiger partial charge in [-0.15, -0.1) is 0 Å². The van der Waals surface area contributed by atoms with Gasteiger partial charge >= 0.3 is 5.51 Å². The molecule has 1 aromatic carbocycles. The molecule has 3 aromatic rings. The van der Waals surface area contributed by atoms with Crippen molar-refractivity contribution in [2.24, 2.45) is 11.1 Å². The second-order valence-corrected chi connectivity index (χ2v) is 12.4. The molecule has 1 saturated carbocycles. The van der Waals surface area contributed by atoms with Gasteiger partial charge in [0.15, 0.2) is 31.8 Å². The molecule has 2 unspecified atom stereocenters. The molecule has 0 bridgehead atoms. The van der Waals surface area contributed by atoms with Crippen molar-refractivity contribution in [3.63, 3.8) is 0 Å². The van der Waals surface area contributed by atoms with Crippen molar-refractivity contribution in [1.82, 2.24) is 9.97 Å². The summed E-state index contributed by atoms with van der Waals surface area (Å²) in [7, 11) is -7.05. The van der Waals surface area contributed by atoms with Crippen LogP contribution in [-0.2, 0) is 31.1 Å². The number of benzene rings is 1. The summed E-state index contributed by atoms with van der Waals surface area (Å²) < 4.78 is 81.8. The average Bonchev–Trinajstić information content (AvgIpc) is 3.46. The molecule has 13 heteroatoms. The molecule has 2 atom stereocenters. The van der Waals surface area contributed by atoms with E-state index in [-0.39, 0.29) is 33.3 Å². The molecule has 0 radical (unpaired) electrons. The average molecular weight is 528 g/mol. The summed E-state index contributed by atoms with van der Waals surface area (Å²) in [6.07, 6.45) is 4.10. The summed E-state index contributed by atoms with van der Waals surface area (Å²) in [5, 5.41) is 4.19.